The third kappa shape index (κ3) is 4.99. The highest BCUT2D eigenvalue weighted by atomic mass is 35.5. The fourth-order valence-electron chi connectivity index (χ4n) is 2.90. The number of benzene rings is 2. The molecule has 2 amide bonds. The Hall–Kier alpha value is -2.53. The first-order chi connectivity index (χ1) is 12.6. The molecular formula is C20H21ClN2O3. The Morgan fingerprint density at radius 2 is 1.69 bits per heavy atom. The van der Waals surface area contributed by atoms with Gasteiger partial charge in [-0.25, -0.2) is 0 Å². The number of carbonyl (C=O) groups is 2. The summed E-state index contributed by atoms with van der Waals surface area (Å²) in [5, 5.41) is 3.62. The molecule has 1 aliphatic rings. The first-order valence-corrected chi connectivity index (χ1v) is 9.01. The number of carbonyl (C=O) groups excluding carboxylic acids is 2. The summed E-state index contributed by atoms with van der Waals surface area (Å²) in [6, 6.07) is 16.2. The van der Waals surface area contributed by atoms with Crippen LogP contribution in [-0.2, 0) is 4.79 Å². The molecule has 0 unspecified atom stereocenters. The molecule has 3 rings (SSSR count). The lowest BCUT2D eigenvalue weighted by atomic mass is 10.0. The molecule has 1 heterocycles. The zero-order valence-corrected chi connectivity index (χ0v) is 15.1. The van der Waals surface area contributed by atoms with E-state index in [0.29, 0.717) is 29.4 Å². The number of rotatable bonds is 5. The number of nitrogens with one attached hydrogen (secondary N) is 1. The molecule has 1 fully saturated rings. The Labute approximate surface area is 157 Å². The minimum absolute atomic E-state index is 0.0312. The fourth-order valence-corrected chi connectivity index (χ4v) is 3.02. The van der Waals surface area contributed by atoms with Crippen LogP contribution in [0.3, 0.4) is 0 Å². The van der Waals surface area contributed by atoms with Gasteiger partial charge in [-0.2, -0.15) is 0 Å². The molecule has 26 heavy (non-hydrogen) atoms. The van der Waals surface area contributed by atoms with Gasteiger partial charge in [-0.1, -0.05) is 29.8 Å². The van der Waals surface area contributed by atoms with Crippen molar-refractivity contribution in [2.75, 3.05) is 19.7 Å². The minimum Gasteiger partial charge on any atom is -0.484 e. The van der Waals surface area contributed by atoms with Crippen LogP contribution in [0.5, 0.6) is 5.75 Å². The van der Waals surface area contributed by atoms with Gasteiger partial charge in [0.1, 0.15) is 5.75 Å². The van der Waals surface area contributed by atoms with Gasteiger partial charge in [0.15, 0.2) is 6.61 Å². The quantitative estimate of drug-likeness (QED) is 0.877. The van der Waals surface area contributed by atoms with Crippen molar-refractivity contribution in [2.24, 2.45) is 0 Å². The molecule has 1 N–H and O–H groups in total. The van der Waals surface area contributed by atoms with Crippen LogP contribution in [0, 0.1) is 0 Å². The summed E-state index contributed by atoms with van der Waals surface area (Å²) < 4.78 is 5.51. The van der Waals surface area contributed by atoms with Crippen molar-refractivity contribution in [1.29, 1.82) is 0 Å². The number of ether oxygens (including phenoxy) is 1. The first-order valence-electron chi connectivity index (χ1n) is 8.64. The average molecular weight is 373 g/mol. The van der Waals surface area contributed by atoms with Crippen LogP contribution in [0.1, 0.15) is 23.2 Å². The Morgan fingerprint density at radius 1 is 1.04 bits per heavy atom. The number of para-hydroxylation sites is 1. The van der Waals surface area contributed by atoms with Gasteiger partial charge >= 0.3 is 0 Å². The molecule has 0 spiro atoms. The second kappa shape index (κ2) is 8.72. The molecule has 0 bridgehead atoms. The summed E-state index contributed by atoms with van der Waals surface area (Å²) in [5.74, 6) is 0.543. The number of nitrogens with zero attached hydrogens (tertiary/aromatic N) is 1. The maximum absolute atomic E-state index is 12.3. The van der Waals surface area contributed by atoms with Gasteiger partial charge in [0, 0.05) is 29.7 Å². The molecular weight excluding hydrogens is 352 g/mol. The Balaban J connectivity index is 1.42. The zero-order valence-electron chi connectivity index (χ0n) is 14.4. The van der Waals surface area contributed by atoms with Crippen LogP contribution < -0.4 is 10.1 Å². The zero-order chi connectivity index (χ0) is 18.4. The molecule has 1 saturated heterocycles. The van der Waals surface area contributed by atoms with Gasteiger partial charge in [0.25, 0.3) is 11.8 Å². The number of halogens is 1. The van der Waals surface area contributed by atoms with E-state index in [-0.39, 0.29) is 24.5 Å². The molecule has 0 atom stereocenters. The molecule has 2 aromatic rings. The lowest BCUT2D eigenvalue weighted by Gasteiger charge is -2.32. The third-order valence-electron chi connectivity index (χ3n) is 4.39. The number of piperidine rings is 1. The van der Waals surface area contributed by atoms with Crippen molar-refractivity contribution in [2.45, 2.75) is 18.9 Å². The van der Waals surface area contributed by atoms with Crippen LogP contribution in [0.4, 0.5) is 0 Å². The second-order valence-corrected chi connectivity index (χ2v) is 6.67. The van der Waals surface area contributed by atoms with Crippen molar-refractivity contribution in [1.82, 2.24) is 10.2 Å². The summed E-state index contributed by atoms with van der Waals surface area (Å²) >= 11 is 5.84. The molecule has 0 aromatic heterocycles. The van der Waals surface area contributed by atoms with E-state index in [1.807, 2.05) is 30.3 Å². The van der Waals surface area contributed by atoms with Crippen LogP contribution in [0.15, 0.2) is 54.6 Å². The molecule has 1 aliphatic heterocycles. The number of hydrogen-bond donors (Lipinski definition) is 1. The number of hydrogen-bond acceptors (Lipinski definition) is 3. The molecule has 5 nitrogen and oxygen atoms in total. The van der Waals surface area contributed by atoms with Crippen LogP contribution in [0.25, 0.3) is 0 Å². The highest BCUT2D eigenvalue weighted by Gasteiger charge is 2.24. The van der Waals surface area contributed by atoms with Gasteiger partial charge in [-0.15, -0.1) is 0 Å². The predicted molar refractivity (Wildman–Crippen MR) is 100 cm³/mol. The molecule has 0 saturated carbocycles. The van der Waals surface area contributed by atoms with Gasteiger partial charge in [-0.3, -0.25) is 9.59 Å². The maximum Gasteiger partial charge on any atom is 0.260 e. The molecule has 0 radical (unpaired) electrons. The van der Waals surface area contributed by atoms with Crippen molar-refractivity contribution in [3.05, 3.63) is 65.2 Å². The third-order valence-corrected chi connectivity index (χ3v) is 4.65. The monoisotopic (exact) mass is 372 g/mol. The normalized spacial score (nSPS) is 14.7. The van der Waals surface area contributed by atoms with E-state index in [1.54, 1.807) is 29.2 Å². The summed E-state index contributed by atoms with van der Waals surface area (Å²) in [7, 11) is 0. The SMILES string of the molecule is O=C(NC1CCN(C(=O)COc2ccccc2)CC1)c1ccc(Cl)cc1. The molecule has 2 aromatic carbocycles. The lowest BCUT2D eigenvalue weighted by molar-refractivity contribution is -0.134. The van der Waals surface area contributed by atoms with Crippen LogP contribution in [0.2, 0.25) is 5.02 Å². The van der Waals surface area contributed by atoms with Crippen LogP contribution >= 0.6 is 11.6 Å². The number of likely N-dealkylation sites (tertiary alicyclic amines) is 1. The second-order valence-electron chi connectivity index (χ2n) is 6.24. The van der Waals surface area contributed by atoms with E-state index in [2.05, 4.69) is 5.32 Å². The summed E-state index contributed by atoms with van der Waals surface area (Å²) in [6.45, 7) is 1.26. The van der Waals surface area contributed by atoms with Crippen molar-refractivity contribution < 1.29 is 14.3 Å². The lowest BCUT2D eigenvalue weighted by Crippen LogP contribution is -2.47. The average Bonchev–Trinajstić information content (AvgIpc) is 2.68. The largest absolute Gasteiger partial charge is 0.484 e. The predicted octanol–water partition coefficient (Wildman–Crippen LogP) is 3.14. The molecule has 0 aliphatic carbocycles. The van der Waals surface area contributed by atoms with Gasteiger partial charge < -0.3 is 15.0 Å². The van der Waals surface area contributed by atoms with E-state index in [0.717, 1.165) is 12.8 Å². The standard InChI is InChI=1S/C20H21ClN2O3/c21-16-8-6-15(7-9-16)20(25)22-17-10-12-23(13-11-17)19(24)14-26-18-4-2-1-3-5-18/h1-9,17H,10-14H2,(H,22,25). The van der Waals surface area contributed by atoms with Gasteiger partial charge in [0.2, 0.25) is 0 Å². The smallest absolute Gasteiger partial charge is 0.260 e. The Bertz CT molecular complexity index is 741. The van der Waals surface area contributed by atoms with Crippen molar-refractivity contribution in [3.63, 3.8) is 0 Å². The topological polar surface area (TPSA) is 58.6 Å². The minimum atomic E-state index is -0.112. The van der Waals surface area contributed by atoms with E-state index in [4.69, 9.17) is 16.3 Å². The van der Waals surface area contributed by atoms with E-state index in [9.17, 15) is 9.59 Å². The number of amides is 2. The molecule has 136 valence electrons. The summed E-state index contributed by atoms with van der Waals surface area (Å²) in [4.78, 5) is 26.3. The van der Waals surface area contributed by atoms with Gasteiger partial charge in [-0.05, 0) is 49.2 Å². The van der Waals surface area contributed by atoms with E-state index < -0.39 is 0 Å². The highest BCUT2D eigenvalue weighted by molar-refractivity contribution is 6.30. The Morgan fingerprint density at radius 3 is 2.35 bits per heavy atom. The summed E-state index contributed by atoms with van der Waals surface area (Å²) in [6.07, 6.45) is 1.47. The fraction of sp³-hybridized carbons (Fsp3) is 0.300. The van der Waals surface area contributed by atoms with Crippen molar-refractivity contribution in [3.8, 4) is 5.75 Å². The maximum atomic E-state index is 12.3. The highest BCUT2D eigenvalue weighted by Crippen LogP contribution is 2.14. The van der Waals surface area contributed by atoms with Crippen LogP contribution in [-0.4, -0.2) is 42.5 Å². The van der Waals surface area contributed by atoms with E-state index in [1.165, 1.54) is 0 Å². The first kappa shape index (κ1) is 18.3. The van der Waals surface area contributed by atoms with Crippen molar-refractivity contribution >= 4 is 23.4 Å². The van der Waals surface area contributed by atoms with E-state index >= 15 is 0 Å². The molecule has 6 heteroatoms. The Kier molecular flexibility index (Phi) is 6.12. The summed E-state index contributed by atoms with van der Waals surface area (Å²) in [5.41, 5.74) is 0.587. The van der Waals surface area contributed by atoms with Gasteiger partial charge in [0.05, 0.1) is 0 Å².